The molecule has 10 heteroatoms. The highest BCUT2D eigenvalue weighted by Crippen LogP contribution is 2.43. The molecule has 36 heavy (non-hydrogen) atoms. The van der Waals surface area contributed by atoms with Crippen molar-refractivity contribution in [1.82, 2.24) is 19.5 Å². The monoisotopic (exact) mass is 507 g/mol. The fourth-order valence-electron chi connectivity index (χ4n) is 5.54. The lowest BCUT2D eigenvalue weighted by Crippen LogP contribution is -2.33. The van der Waals surface area contributed by atoms with E-state index in [0.29, 0.717) is 23.5 Å². The number of aliphatic hydroxyl groups is 3. The van der Waals surface area contributed by atoms with Crippen LogP contribution in [0.25, 0.3) is 11.2 Å². The standard InChI is InChI=1S/C26H26ClN5O4/c27-25-29-22(19-23(30-25)32(15-28-19)24-21(35)20(34)18(13-33)36-24)31-12-11-26(14-31,16-7-3-1-4-8-16)17-9-5-2-6-10-17/h1-10,15,18,20-21,24,33-35H,11-14H2/t18-,20-,21-,24-/m1/s1. The molecule has 186 valence electrons. The molecule has 4 heterocycles. The van der Waals surface area contributed by atoms with Crippen molar-refractivity contribution in [1.29, 1.82) is 0 Å². The van der Waals surface area contributed by atoms with E-state index in [1.54, 1.807) is 0 Å². The number of imidazole rings is 1. The average molecular weight is 508 g/mol. The molecule has 2 aliphatic heterocycles. The third kappa shape index (κ3) is 3.66. The lowest BCUT2D eigenvalue weighted by Gasteiger charge is -2.31. The van der Waals surface area contributed by atoms with E-state index in [9.17, 15) is 15.3 Å². The Morgan fingerprint density at radius 1 is 0.972 bits per heavy atom. The summed E-state index contributed by atoms with van der Waals surface area (Å²) in [5.74, 6) is 0.601. The molecule has 2 fully saturated rings. The van der Waals surface area contributed by atoms with Crippen molar-refractivity contribution >= 4 is 28.6 Å². The number of anilines is 1. The first-order valence-electron chi connectivity index (χ1n) is 11.9. The number of aliphatic hydroxyl groups excluding tert-OH is 3. The van der Waals surface area contributed by atoms with Crippen molar-refractivity contribution < 1.29 is 20.1 Å². The third-order valence-corrected chi connectivity index (χ3v) is 7.56. The lowest BCUT2D eigenvalue weighted by atomic mass is 9.74. The normalized spacial score (nSPS) is 25.6. The Bertz CT molecular complexity index is 1330. The van der Waals surface area contributed by atoms with Crippen LogP contribution in [0.3, 0.4) is 0 Å². The zero-order valence-corrected chi connectivity index (χ0v) is 20.1. The van der Waals surface area contributed by atoms with Crippen LogP contribution in [0.2, 0.25) is 5.28 Å². The minimum absolute atomic E-state index is 0.0444. The van der Waals surface area contributed by atoms with Crippen LogP contribution < -0.4 is 4.90 Å². The predicted octanol–water partition coefficient (Wildman–Crippen LogP) is 2.29. The SMILES string of the molecule is OC[C@H]1O[C@@H](n2cnc3c(N4CCC(c5ccccc5)(c5ccccc5)C4)nc(Cl)nc32)[C@H](O)[C@@H]1O. The Kier molecular flexibility index (Phi) is 5.89. The maximum absolute atomic E-state index is 10.5. The summed E-state index contributed by atoms with van der Waals surface area (Å²) in [4.78, 5) is 15.6. The highest BCUT2D eigenvalue weighted by molar-refractivity contribution is 6.28. The van der Waals surface area contributed by atoms with Gasteiger partial charge < -0.3 is 25.0 Å². The molecule has 2 aliphatic rings. The fourth-order valence-corrected chi connectivity index (χ4v) is 5.70. The van der Waals surface area contributed by atoms with E-state index in [0.717, 1.165) is 13.0 Å². The first-order valence-corrected chi connectivity index (χ1v) is 12.3. The molecular formula is C26H26ClN5O4. The molecular weight excluding hydrogens is 482 g/mol. The molecule has 9 nitrogen and oxygen atoms in total. The number of aromatic nitrogens is 4. The molecule has 2 aromatic carbocycles. The van der Waals surface area contributed by atoms with Crippen LogP contribution in [0, 0.1) is 0 Å². The van der Waals surface area contributed by atoms with Gasteiger partial charge in [0.15, 0.2) is 23.2 Å². The summed E-state index contributed by atoms with van der Waals surface area (Å²) in [6.07, 6.45) is -1.99. The minimum atomic E-state index is -1.26. The number of halogens is 1. The summed E-state index contributed by atoms with van der Waals surface area (Å²) in [6, 6.07) is 20.9. The van der Waals surface area contributed by atoms with E-state index >= 15 is 0 Å². The summed E-state index contributed by atoms with van der Waals surface area (Å²) >= 11 is 6.38. The Labute approximate surface area is 212 Å². The van der Waals surface area contributed by atoms with Crippen LogP contribution in [-0.2, 0) is 10.2 Å². The molecule has 4 atom stereocenters. The van der Waals surface area contributed by atoms with Crippen LogP contribution >= 0.6 is 11.6 Å². The maximum atomic E-state index is 10.5. The van der Waals surface area contributed by atoms with Crippen molar-refractivity contribution in [2.24, 2.45) is 0 Å². The molecule has 0 spiro atoms. The second-order valence-electron chi connectivity index (χ2n) is 9.35. The van der Waals surface area contributed by atoms with Gasteiger partial charge in [0.1, 0.15) is 18.3 Å². The van der Waals surface area contributed by atoms with Gasteiger partial charge in [0, 0.05) is 18.5 Å². The lowest BCUT2D eigenvalue weighted by molar-refractivity contribution is -0.0511. The molecule has 0 amide bonds. The molecule has 2 aromatic heterocycles. The molecule has 6 rings (SSSR count). The summed E-state index contributed by atoms with van der Waals surface area (Å²) < 4.78 is 7.23. The van der Waals surface area contributed by atoms with Gasteiger partial charge in [0.2, 0.25) is 5.28 Å². The van der Waals surface area contributed by atoms with E-state index in [1.165, 1.54) is 22.0 Å². The van der Waals surface area contributed by atoms with Crippen LogP contribution in [0.15, 0.2) is 67.0 Å². The number of hydrogen-bond acceptors (Lipinski definition) is 8. The molecule has 0 radical (unpaired) electrons. The zero-order chi connectivity index (χ0) is 24.9. The summed E-state index contributed by atoms with van der Waals surface area (Å²) in [7, 11) is 0. The van der Waals surface area contributed by atoms with Gasteiger partial charge in [-0.3, -0.25) is 4.57 Å². The number of benzene rings is 2. The van der Waals surface area contributed by atoms with Crippen molar-refractivity contribution in [3.63, 3.8) is 0 Å². The smallest absolute Gasteiger partial charge is 0.226 e. The number of hydrogen-bond donors (Lipinski definition) is 3. The van der Waals surface area contributed by atoms with Gasteiger partial charge in [-0.25, -0.2) is 4.98 Å². The number of ether oxygens (including phenoxy) is 1. The van der Waals surface area contributed by atoms with Crippen molar-refractivity contribution in [3.8, 4) is 0 Å². The molecule has 0 bridgehead atoms. The van der Waals surface area contributed by atoms with Crippen LogP contribution in [0.5, 0.6) is 0 Å². The average Bonchev–Trinajstić information content (AvgIpc) is 3.62. The van der Waals surface area contributed by atoms with E-state index in [-0.39, 0.29) is 10.7 Å². The highest BCUT2D eigenvalue weighted by Gasteiger charge is 2.45. The number of fused-ring (bicyclic) bond motifs is 1. The fraction of sp³-hybridized carbons (Fsp3) is 0.346. The summed E-state index contributed by atoms with van der Waals surface area (Å²) in [5, 5.41) is 30.3. The van der Waals surface area contributed by atoms with Crippen molar-refractivity contribution in [3.05, 3.63) is 83.4 Å². The zero-order valence-electron chi connectivity index (χ0n) is 19.4. The molecule has 2 saturated heterocycles. The topological polar surface area (TPSA) is 117 Å². The van der Waals surface area contributed by atoms with Gasteiger partial charge in [0.05, 0.1) is 12.9 Å². The predicted molar refractivity (Wildman–Crippen MR) is 134 cm³/mol. The van der Waals surface area contributed by atoms with Gasteiger partial charge >= 0.3 is 0 Å². The quantitative estimate of drug-likeness (QED) is 0.352. The summed E-state index contributed by atoms with van der Waals surface area (Å²) in [6.45, 7) is 0.980. The second-order valence-corrected chi connectivity index (χ2v) is 9.69. The Hall–Kier alpha value is -3.08. The van der Waals surface area contributed by atoms with E-state index in [1.807, 2.05) is 12.1 Å². The molecule has 0 unspecified atom stereocenters. The molecule has 3 N–H and O–H groups in total. The first kappa shape index (κ1) is 23.3. The highest BCUT2D eigenvalue weighted by atomic mass is 35.5. The Morgan fingerprint density at radius 3 is 2.25 bits per heavy atom. The Morgan fingerprint density at radius 2 is 1.64 bits per heavy atom. The Balaban J connectivity index is 1.41. The second kappa shape index (κ2) is 9.10. The van der Waals surface area contributed by atoms with Crippen molar-refractivity contribution in [2.45, 2.75) is 36.4 Å². The van der Waals surface area contributed by atoms with Crippen molar-refractivity contribution in [2.75, 3.05) is 24.6 Å². The van der Waals surface area contributed by atoms with Crippen LogP contribution in [0.1, 0.15) is 23.8 Å². The summed E-state index contributed by atoms with van der Waals surface area (Å²) in [5.41, 5.74) is 3.13. The van der Waals surface area contributed by atoms with Crippen LogP contribution in [0.4, 0.5) is 5.82 Å². The first-order chi connectivity index (χ1) is 17.5. The molecule has 0 saturated carbocycles. The van der Waals surface area contributed by atoms with E-state index < -0.39 is 31.1 Å². The maximum Gasteiger partial charge on any atom is 0.226 e. The molecule has 4 aromatic rings. The van der Waals surface area contributed by atoms with Gasteiger partial charge in [-0.15, -0.1) is 0 Å². The number of rotatable bonds is 5. The minimum Gasteiger partial charge on any atom is -0.394 e. The number of nitrogens with zero attached hydrogens (tertiary/aromatic N) is 5. The third-order valence-electron chi connectivity index (χ3n) is 7.39. The van der Waals surface area contributed by atoms with Gasteiger partial charge in [-0.1, -0.05) is 60.7 Å². The van der Waals surface area contributed by atoms with Gasteiger partial charge in [0.25, 0.3) is 0 Å². The van der Waals surface area contributed by atoms with Gasteiger partial charge in [-0.2, -0.15) is 9.97 Å². The van der Waals surface area contributed by atoms with Gasteiger partial charge in [-0.05, 0) is 29.1 Å². The van der Waals surface area contributed by atoms with E-state index in [4.69, 9.17) is 16.3 Å². The van der Waals surface area contributed by atoms with Crippen LogP contribution in [-0.4, -0.2) is 72.8 Å². The molecule has 0 aliphatic carbocycles. The van der Waals surface area contributed by atoms with E-state index in [2.05, 4.69) is 68.4 Å². The largest absolute Gasteiger partial charge is 0.394 e.